The molecule has 0 atom stereocenters. The number of thiocarbonyl (C=S) groups is 1. The molecular weight excluding hydrogens is 272 g/mol. The van der Waals surface area contributed by atoms with Crippen LogP contribution in [0.1, 0.15) is 12.5 Å². The van der Waals surface area contributed by atoms with E-state index < -0.39 is 4.92 Å². The molecule has 5 nitrogen and oxygen atoms in total. The number of thioether (sulfide) groups is 1. The quantitative estimate of drug-likeness (QED) is 0.390. The number of hydrogen-bond donors (Lipinski definition) is 1. The smallest absolute Gasteiger partial charge is 0.270 e. The van der Waals surface area contributed by atoms with Crippen LogP contribution in [-0.4, -0.2) is 15.2 Å². The number of nitro groups is 1. The summed E-state index contributed by atoms with van der Waals surface area (Å²) >= 11 is 6.07. The van der Waals surface area contributed by atoms with Crippen molar-refractivity contribution in [1.29, 1.82) is 0 Å². The van der Waals surface area contributed by atoms with Gasteiger partial charge in [0.2, 0.25) is 0 Å². The van der Waals surface area contributed by atoms with Crippen LogP contribution in [0.5, 0.6) is 0 Å². The Morgan fingerprint density at radius 3 is 2.78 bits per heavy atom. The number of non-ortho nitro benzene ring substituents is 1. The molecule has 2 rings (SSSR count). The molecule has 1 saturated heterocycles. The summed E-state index contributed by atoms with van der Waals surface area (Å²) in [4.78, 5) is 22.3. The van der Waals surface area contributed by atoms with Crippen LogP contribution in [-0.2, 0) is 4.79 Å². The zero-order valence-electron chi connectivity index (χ0n) is 9.30. The van der Waals surface area contributed by atoms with Gasteiger partial charge in [-0.3, -0.25) is 14.9 Å². The van der Waals surface area contributed by atoms with Crippen molar-refractivity contribution in [1.82, 2.24) is 5.32 Å². The van der Waals surface area contributed by atoms with Gasteiger partial charge in [0.25, 0.3) is 11.6 Å². The van der Waals surface area contributed by atoms with E-state index in [4.69, 9.17) is 12.2 Å². The van der Waals surface area contributed by atoms with Gasteiger partial charge in [0.1, 0.15) is 4.32 Å². The summed E-state index contributed by atoms with van der Waals surface area (Å²) in [6.07, 6.45) is 0. The van der Waals surface area contributed by atoms with E-state index in [-0.39, 0.29) is 11.6 Å². The van der Waals surface area contributed by atoms with E-state index in [2.05, 4.69) is 5.32 Å². The molecule has 18 heavy (non-hydrogen) atoms. The molecule has 1 fully saturated rings. The first-order valence-corrected chi connectivity index (χ1v) is 6.20. The number of carbonyl (C=O) groups excluding carboxylic acids is 1. The monoisotopic (exact) mass is 280 g/mol. The van der Waals surface area contributed by atoms with Gasteiger partial charge in [0.15, 0.2) is 0 Å². The van der Waals surface area contributed by atoms with Gasteiger partial charge in [0.05, 0.1) is 9.83 Å². The van der Waals surface area contributed by atoms with Crippen molar-refractivity contribution in [3.05, 3.63) is 44.8 Å². The summed E-state index contributed by atoms with van der Waals surface area (Å²) in [7, 11) is 0. The molecule has 1 heterocycles. The first kappa shape index (κ1) is 12.7. The molecule has 0 unspecified atom stereocenters. The van der Waals surface area contributed by atoms with E-state index >= 15 is 0 Å². The molecule has 1 aliphatic heterocycles. The van der Waals surface area contributed by atoms with Gasteiger partial charge in [-0.25, -0.2) is 0 Å². The number of carbonyl (C=O) groups is 1. The number of rotatable bonds is 2. The second kappa shape index (κ2) is 4.87. The lowest BCUT2D eigenvalue weighted by Gasteiger charge is -2.03. The van der Waals surface area contributed by atoms with Gasteiger partial charge >= 0.3 is 0 Å². The summed E-state index contributed by atoms with van der Waals surface area (Å²) in [5.41, 5.74) is 1.33. The van der Waals surface area contributed by atoms with E-state index in [0.717, 1.165) is 0 Å². The van der Waals surface area contributed by atoms with Crippen LogP contribution in [0.25, 0.3) is 5.57 Å². The molecule has 0 aromatic heterocycles. The number of nitro benzene ring substituents is 1. The SMILES string of the molecule is C/C(=C1/SC(=S)NC1=O)c1cccc([N+](=O)[O-])c1. The van der Waals surface area contributed by atoms with Gasteiger partial charge in [0, 0.05) is 12.1 Å². The van der Waals surface area contributed by atoms with Gasteiger partial charge < -0.3 is 5.32 Å². The third-order valence-electron chi connectivity index (χ3n) is 2.45. The summed E-state index contributed by atoms with van der Waals surface area (Å²) in [6, 6.07) is 6.17. The Bertz CT molecular complexity index is 596. The van der Waals surface area contributed by atoms with Crippen LogP contribution in [0.3, 0.4) is 0 Å². The second-order valence-electron chi connectivity index (χ2n) is 3.61. The molecule has 7 heteroatoms. The van der Waals surface area contributed by atoms with Gasteiger partial charge in [-0.2, -0.15) is 0 Å². The van der Waals surface area contributed by atoms with E-state index in [9.17, 15) is 14.9 Å². The van der Waals surface area contributed by atoms with Crippen molar-refractivity contribution in [2.75, 3.05) is 0 Å². The van der Waals surface area contributed by atoms with Crippen molar-refractivity contribution in [3.63, 3.8) is 0 Å². The number of nitrogens with zero attached hydrogens (tertiary/aromatic N) is 1. The number of amides is 1. The molecular formula is C11H8N2O3S2. The molecule has 1 aromatic rings. The third kappa shape index (κ3) is 2.41. The largest absolute Gasteiger partial charge is 0.307 e. The average Bonchev–Trinajstić information content (AvgIpc) is 2.67. The van der Waals surface area contributed by atoms with Crippen molar-refractivity contribution in [2.45, 2.75) is 6.92 Å². The topological polar surface area (TPSA) is 72.2 Å². The zero-order valence-corrected chi connectivity index (χ0v) is 10.9. The van der Waals surface area contributed by atoms with Crippen LogP contribution in [0, 0.1) is 10.1 Å². The standard InChI is InChI=1S/C11H8N2O3S2/c1-6(9-10(14)12-11(17)18-9)7-3-2-4-8(5-7)13(15)16/h2-5H,1H3,(H,12,14,17)/b9-6-. The first-order chi connectivity index (χ1) is 8.49. The number of benzene rings is 1. The Balaban J connectivity index is 2.45. The van der Waals surface area contributed by atoms with Crippen LogP contribution < -0.4 is 5.32 Å². The molecule has 0 bridgehead atoms. The molecule has 1 aliphatic rings. The van der Waals surface area contributed by atoms with E-state index in [1.54, 1.807) is 19.1 Å². The van der Waals surface area contributed by atoms with E-state index in [1.165, 1.54) is 23.9 Å². The highest BCUT2D eigenvalue weighted by Crippen LogP contribution is 2.32. The molecule has 0 spiro atoms. The molecule has 0 radical (unpaired) electrons. The first-order valence-electron chi connectivity index (χ1n) is 4.98. The summed E-state index contributed by atoms with van der Waals surface area (Å²) < 4.78 is 0.403. The third-order valence-corrected chi connectivity index (χ3v) is 3.78. The normalized spacial score (nSPS) is 17.6. The Morgan fingerprint density at radius 1 is 1.50 bits per heavy atom. The summed E-state index contributed by atoms with van der Waals surface area (Å²) in [5.74, 6) is -0.256. The Hall–Kier alpha value is -1.73. The fourth-order valence-electron chi connectivity index (χ4n) is 1.54. The minimum atomic E-state index is -0.464. The number of allylic oxidation sites excluding steroid dienone is 1. The van der Waals surface area contributed by atoms with Crippen molar-refractivity contribution < 1.29 is 9.72 Å². The molecule has 1 N–H and O–H groups in total. The summed E-state index contributed by atoms with van der Waals surface area (Å²) in [5, 5.41) is 13.2. The zero-order chi connectivity index (χ0) is 13.3. The van der Waals surface area contributed by atoms with Crippen LogP contribution in [0.15, 0.2) is 29.2 Å². The van der Waals surface area contributed by atoms with Crippen molar-refractivity contribution >= 4 is 45.5 Å². The number of nitrogens with one attached hydrogen (secondary N) is 1. The van der Waals surface area contributed by atoms with Crippen LogP contribution in [0.4, 0.5) is 5.69 Å². The lowest BCUT2D eigenvalue weighted by molar-refractivity contribution is -0.384. The van der Waals surface area contributed by atoms with E-state index in [1.807, 2.05) is 0 Å². The van der Waals surface area contributed by atoms with Crippen LogP contribution >= 0.6 is 24.0 Å². The lowest BCUT2D eigenvalue weighted by atomic mass is 10.1. The number of hydrogen-bond acceptors (Lipinski definition) is 5. The van der Waals surface area contributed by atoms with E-state index in [0.29, 0.717) is 20.4 Å². The molecule has 0 aliphatic carbocycles. The minimum absolute atomic E-state index is 0.00145. The van der Waals surface area contributed by atoms with Crippen LogP contribution in [0.2, 0.25) is 0 Å². The average molecular weight is 280 g/mol. The lowest BCUT2D eigenvalue weighted by Crippen LogP contribution is -2.18. The highest BCUT2D eigenvalue weighted by Gasteiger charge is 2.25. The molecule has 0 saturated carbocycles. The Morgan fingerprint density at radius 2 is 2.22 bits per heavy atom. The predicted octanol–water partition coefficient (Wildman–Crippen LogP) is 2.47. The van der Waals surface area contributed by atoms with Gasteiger partial charge in [-0.05, 0) is 18.1 Å². The van der Waals surface area contributed by atoms with Crippen molar-refractivity contribution in [3.8, 4) is 0 Å². The second-order valence-corrected chi connectivity index (χ2v) is 5.29. The Labute approximate surface area is 112 Å². The fourth-order valence-corrected chi connectivity index (χ4v) is 2.63. The fraction of sp³-hybridized carbons (Fsp3) is 0.0909. The minimum Gasteiger partial charge on any atom is -0.307 e. The maximum atomic E-state index is 11.6. The predicted molar refractivity (Wildman–Crippen MR) is 74.0 cm³/mol. The maximum Gasteiger partial charge on any atom is 0.270 e. The Kier molecular flexibility index (Phi) is 3.44. The summed E-state index contributed by atoms with van der Waals surface area (Å²) in [6.45, 7) is 1.74. The molecule has 1 amide bonds. The molecule has 92 valence electrons. The molecule has 1 aromatic carbocycles. The maximum absolute atomic E-state index is 11.6. The highest BCUT2D eigenvalue weighted by atomic mass is 32.2. The highest BCUT2D eigenvalue weighted by molar-refractivity contribution is 8.26. The van der Waals surface area contributed by atoms with Gasteiger partial charge in [-0.1, -0.05) is 36.1 Å². The van der Waals surface area contributed by atoms with Gasteiger partial charge in [-0.15, -0.1) is 0 Å². The van der Waals surface area contributed by atoms with Crippen molar-refractivity contribution in [2.24, 2.45) is 0 Å².